The second-order valence-corrected chi connectivity index (χ2v) is 8.28. The van der Waals surface area contributed by atoms with Crippen LogP contribution >= 0.6 is 11.8 Å². The van der Waals surface area contributed by atoms with Crippen molar-refractivity contribution in [3.63, 3.8) is 0 Å². The number of benzene rings is 2. The molecule has 0 aromatic heterocycles. The summed E-state index contributed by atoms with van der Waals surface area (Å²) in [5, 5.41) is 0. The SMILES string of the molecule is CCCCc1ccc(N2C(=O)CSC23C(=O)N(C(C)=O)c2ccccc23)cc1. The lowest BCUT2D eigenvalue weighted by Crippen LogP contribution is -2.50. The van der Waals surface area contributed by atoms with Gasteiger partial charge in [-0.3, -0.25) is 19.3 Å². The number of amides is 3. The summed E-state index contributed by atoms with van der Waals surface area (Å²) in [5.41, 5.74) is 3.15. The Hall–Kier alpha value is -2.60. The van der Waals surface area contributed by atoms with E-state index in [4.69, 9.17) is 0 Å². The number of hydrogen-bond donors (Lipinski definition) is 0. The van der Waals surface area contributed by atoms with E-state index in [1.54, 1.807) is 17.0 Å². The highest BCUT2D eigenvalue weighted by Gasteiger charge is 2.61. The minimum atomic E-state index is -1.22. The quantitative estimate of drug-likeness (QED) is 0.790. The van der Waals surface area contributed by atoms with Crippen molar-refractivity contribution in [1.29, 1.82) is 0 Å². The number of carbonyl (C=O) groups is 3. The summed E-state index contributed by atoms with van der Waals surface area (Å²) in [5.74, 6) is -0.639. The summed E-state index contributed by atoms with van der Waals surface area (Å²) in [4.78, 5) is 40.1. The zero-order valence-electron chi connectivity index (χ0n) is 16.0. The van der Waals surface area contributed by atoms with Gasteiger partial charge in [-0.1, -0.05) is 43.7 Å². The molecule has 4 rings (SSSR count). The largest absolute Gasteiger partial charge is 0.283 e. The first-order chi connectivity index (χ1) is 13.5. The van der Waals surface area contributed by atoms with Crippen LogP contribution in [-0.2, 0) is 25.7 Å². The maximum atomic E-state index is 13.5. The minimum absolute atomic E-state index is 0.125. The summed E-state index contributed by atoms with van der Waals surface area (Å²) in [6.45, 7) is 3.53. The molecular formula is C22H22N2O3S. The third kappa shape index (κ3) is 2.66. The zero-order chi connectivity index (χ0) is 19.9. The maximum absolute atomic E-state index is 13.5. The molecule has 6 heteroatoms. The average molecular weight is 394 g/mol. The molecule has 2 aromatic rings. The molecule has 1 atom stereocenters. The Labute approximate surface area is 168 Å². The Morgan fingerprint density at radius 2 is 1.82 bits per heavy atom. The molecule has 1 saturated heterocycles. The molecule has 3 amide bonds. The van der Waals surface area contributed by atoms with Gasteiger partial charge in [-0.25, -0.2) is 4.90 Å². The lowest BCUT2D eigenvalue weighted by Gasteiger charge is -2.33. The number of aryl methyl sites for hydroxylation is 1. The van der Waals surface area contributed by atoms with Gasteiger partial charge in [0, 0.05) is 18.2 Å². The molecule has 0 aliphatic carbocycles. The first-order valence-corrected chi connectivity index (χ1v) is 10.5. The highest BCUT2D eigenvalue weighted by Crippen LogP contribution is 2.55. The van der Waals surface area contributed by atoms with Crippen LogP contribution < -0.4 is 9.80 Å². The molecule has 1 spiro atoms. The van der Waals surface area contributed by atoms with Gasteiger partial charge in [0.25, 0.3) is 5.91 Å². The highest BCUT2D eigenvalue weighted by atomic mass is 32.2. The molecule has 0 radical (unpaired) electrons. The van der Waals surface area contributed by atoms with Gasteiger partial charge in [-0.15, -0.1) is 11.8 Å². The van der Waals surface area contributed by atoms with Gasteiger partial charge < -0.3 is 0 Å². The standard InChI is InChI=1S/C22H22N2O3S/c1-3-4-7-16-10-12-17(13-11-16)24-20(26)14-28-22(24)18-8-5-6-9-19(18)23(15(2)25)21(22)27/h5-6,8-13H,3-4,7,14H2,1-2H3. The van der Waals surface area contributed by atoms with Gasteiger partial charge in [0.15, 0.2) is 0 Å². The van der Waals surface area contributed by atoms with E-state index in [2.05, 4.69) is 6.92 Å². The Morgan fingerprint density at radius 3 is 2.50 bits per heavy atom. The number of thioether (sulfide) groups is 1. The number of nitrogens with zero attached hydrogens (tertiary/aromatic N) is 2. The van der Waals surface area contributed by atoms with E-state index in [9.17, 15) is 14.4 Å². The second kappa shape index (κ2) is 7.09. The summed E-state index contributed by atoms with van der Waals surface area (Å²) in [7, 11) is 0. The van der Waals surface area contributed by atoms with Crippen LogP contribution in [-0.4, -0.2) is 23.5 Å². The molecule has 2 aliphatic heterocycles. The molecule has 2 aromatic carbocycles. The summed E-state index contributed by atoms with van der Waals surface area (Å²) in [6, 6.07) is 15.1. The van der Waals surface area contributed by atoms with Crippen LogP contribution in [0.2, 0.25) is 0 Å². The first-order valence-electron chi connectivity index (χ1n) is 9.51. The number of fused-ring (bicyclic) bond motifs is 2. The van der Waals surface area contributed by atoms with E-state index >= 15 is 0 Å². The van der Waals surface area contributed by atoms with Crippen LogP contribution in [0.15, 0.2) is 48.5 Å². The summed E-state index contributed by atoms with van der Waals surface area (Å²) in [6.07, 6.45) is 3.23. The van der Waals surface area contributed by atoms with Crippen LogP contribution in [0.5, 0.6) is 0 Å². The molecule has 1 fully saturated rings. The van der Waals surface area contributed by atoms with Crippen molar-refractivity contribution in [2.75, 3.05) is 15.6 Å². The number of imide groups is 1. The topological polar surface area (TPSA) is 57.7 Å². The van der Waals surface area contributed by atoms with Crippen molar-refractivity contribution in [3.05, 3.63) is 59.7 Å². The second-order valence-electron chi connectivity index (χ2n) is 7.11. The Bertz CT molecular complexity index is 957. The molecule has 1 unspecified atom stereocenters. The lowest BCUT2D eigenvalue weighted by molar-refractivity contribution is -0.128. The van der Waals surface area contributed by atoms with E-state index in [1.165, 1.54) is 29.1 Å². The van der Waals surface area contributed by atoms with Gasteiger partial charge in [0.1, 0.15) is 0 Å². The van der Waals surface area contributed by atoms with Gasteiger partial charge >= 0.3 is 0 Å². The predicted molar refractivity (Wildman–Crippen MR) is 111 cm³/mol. The molecule has 144 valence electrons. The molecular weight excluding hydrogens is 372 g/mol. The monoisotopic (exact) mass is 394 g/mol. The first kappa shape index (κ1) is 18.7. The molecule has 28 heavy (non-hydrogen) atoms. The maximum Gasteiger partial charge on any atom is 0.275 e. The van der Waals surface area contributed by atoms with E-state index in [0.29, 0.717) is 16.9 Å². The zero-order valence-corrected chi connectivity index (χ0v) is 16.8. The average Bonchev–Trinajstić information content (AvgIpc) is 3.17. The molecule has 2 heterocycles. The number of para-hydroxylation sites is 1. The van der Waals surface area contributed by atoms with Crippen LogP contribution in [0.3, 0.4) is 0 Å². The smallest absolute Gasteiger partial charge is 0.275 e. The van der Waals surface area contributed by atoms with Crippen molar-refractivity contribution < 1.29 is 14.4 Å². The number of unbranched alkanes of at least 4 members (excludes halogenated alkanes) is 1. The summed E-state index contributed by atoms with van der Waals surface area (Å²) < 4.78 is 0. The van der Waals surface area contributed by atoms with Crippen LogP contribution in [0, 0.1) is 0 Å². The predicted octanol–water partition coefficient (Wildman–Crippen LogP) is 3.86. The molecule has 0 saturated carbocycles. The van der Waals surface area contributed by atoms with Crippen molar-refractivity contribution in [3.8, 4) is 0 Å². The van der Waals surface area contributed by atoms with Crippen LogP contribution in [0.4, 0.5) is 11.4 Å². The fourth-order valence-corrected chi connectivity index (χ4v) is 5.33. The molecule has 0 N–H and O–H groups in total. The lowest BCUT2D eigenvalue weighted by atomic mass is 10.0. The highest BCUT2D eigenvalue weighted by molar-refractivity contribution is 8.02. The number of anilines is 2. The van der Waals surface area contributed by atoms with Crippen LogP contribution in [0.1, 0.15) is 37.8 Å². The van der Waals surface area contributed by atoms with Gasteiger partial charge in [-0.05, 0) is 36.6 Å². The van der Waals surface area contributed by atoms with Crippen molar-refractivity contribution >= 4 is 40.9 Å². The Morgan fingerprint density at radius 1 is 1.11 bits per heavy atom. The van der Waals surface area contributed by atoms with E-state index in [1.807, 2.05) is 36.4 Å². The Kier molecular flexibility index (Phi) is 4.75. The number of carbonyl (C=O) groups excluding carboxylic acids is 3. The fraction of sp³-hybridized carbons (Fsp3) is 0.318. The van der Waals surface area contributed by atoms with Crippen molar-refractivity contribution in [1.82, 2.24) is 0 Å². The molecule has 2 aliphatic rings. The van der Waals surface area contributed by atoms with E-state index in [0.717, 1.165) is 19.3 Å². The molecule has 0 bridgehead atoms. The summed E-state index contributed by atoms with van der Waals surface area (Å²) >= 11 is 1.29. The number of hydrogen-bond acceptors (Lipinski definition) is 4. The van der Waals surface area contributed by atoms with Crippen LogP contribution in [0.25, 0.3) is 0 Å². The van der Waals surface area contributed by atoms with Crippen molar-refractivity contribution in [2.45, 2.75) is 38.0 Å². The number of rotatable bonds is 4. The Balaban J connectivity index is 1.81. The van der Waals surface area contributed by atoms with Crippen molar-refractivity contribution in [2.24, 2.45) is 0 Å². The minimum Gasteiger partial charge on any atom is -0.283 e. The van der Waals surface area contributed by atoms with E-state index < -0.39 is 4.87 Å². The van der Waals surface area contributed by atoms with E-state index in [-0.39, 0.29) is 23.5 Å². The molecule has 5 nitrogen and oxygen atoms in total. The van der Waals surface area contributed by atoms with Gasteiger partial charge in [0.05, 0.1) is 11.4 Å². The fourth-order valence-electron chi connectivity index (χ4n) is 3.99. The third-order valence-corrected chi connectivity index (χ3v) is 6.69. The van der Waals surface area contributed by atoms with Gasteiger partial charge in [0.2, 0.25) is 16.7 Å². The third-order valence-electron chi connectivity index (χ3n) is 5.30. The normalized spacial score (nSPS) is 20.9. The van der Waals surface area contributed by atoms with Gasteiger partial charge in [-0.2, -0.15) is 0 Å².